The Morgan fingerprint density at radius 2 is 1.88 bits per heavy atom. The molecular formula is C21H14ClF4N5O3. The zero-order chi connectivity index (χ0) is 24.6. The van der Waals surface area contributed by atoms with Crippen LogP contribution in [0.1, 0.15) is 23.5 Å². The highest BCUT2D eigenvalue weighted by molar-refractivity contribution is 6.31. The van der Waals surface area contributed by atoms with Gasteiger partial charge < -0.3 is 16.0 Å². The molecule has 34 heavy (non-hydrogen) atoms. The monoisotopic (exact) mass is 495 g/mol. The van der Waals surface area contributed by atoms with Gasteiger partial charge in [0.05, 0.1) is 22.1 Å². The molecule has 0 fully saturated rings. The number of hydrogen-bond acceptors (Lipinski definition) is 5. The zero-order valence-electron chi connectivity index (χ0n) is 16.9. The van der Waals surface area contributed by atoms with Crippen molar-refractivity contribution in [1.29, 1.82) is 0 Å². The Kier molecular flexibility index (Phi) is 6.00. The maximum atomic E-state index is 13.4. The molecule has 0 radical (unpaired) electrons. The molecule has 0 spiro atoms. The van der Waals surface area contributed by atoms with Crippen LogP contribution in [0.2, 0.25) is 5.02 Å². The first-order valence-corrected chi connectivity index (χ1v) is 10.0. The molecule has 2 heterocycles. The number of nitrogens with zero attached hydrogens (tertiary/aromatic N) is 1. The van der Waals surface area contributed by atoms with Gasteiger partial charge in [0.1, 0.15) is 11.6 Å². The van der Waals surface area contributed by atoms with E-state index in [4.69, 9.17) is 11.6 Å². The van der Waals surface area contributed by atoms with E-state index in [1.807, 2.05) is 0 Å². The van der Waals surface area contributed by atoms with Crippen LogP contribution in [0, 0.1) is 5.82 Å². The lowest BCUT2D eigenvalue weighted by molar-refractivity contribution is -0.137. The second kappa shape index (κ2) is 8.78. The lowest BCUT2D eigenvalue weighted by atomic mass is 9.92. The number of anilines is 4. The Bertz CT molecular complexity index is 1360. The number of alkyl halides is 3. The van der Waals surface area contributed by atoms with E-state index < -0.39 is 40.8 Å². The van der Waals surface area contributed by atoms with Gasteiger partial charge in [-0.15, -0.1) is 0 Å². The van der Waals surface area contributed by atoms with Crippen molar-refractivity contribution < 1.29 is 27.2 Å². The third-order valence-electron chi connectivity index (χ3n) is 4.91. The molecule has 2 aromatic carbocycles. The summed E-state index contributed by atoms with van der Waals surface area (Å²) in [7, 11) is 0. The first kappa shape index (κ1) is 23.2. The van der Waals surface area contributed by atoms with Crippen LogP contribution in [0.4, 0.5) is 40.7 Å². The van der Waals surface area contributed by atoms with Gasteiger partial charge in [0.25, 0.3) is 5.56 Å². The fourth-order valence-corrected chi connectivity index (χ4v) is 3.55. The van der Waals surface area contributed by atoms with E-state index in [-0.39, 0.29) is 40.1 Å². The van der Waals surface area contributed by atoms with Crippen molar-refractivity contribution in [3.63, 3.8) is 0 Å². The van der Waals surface area contributed by atoms with Crippen molar-refractivity contribution in [1.82, 2.24) is 9.97 Å². The third-order valence-corrected chi connectivity index (χ3v) is 5.20. The number of carbonyl (C=O) groups is 2. The fourth-order valence-electron chi connectivity index (χ4n) is 3.37. The van der Waals surface area contributed by atoms with Gasteiger partial charge in [0, 0.05) is 17.8 Å². The van der Waals surface area contributed by atoms with Gasteiger partial charge in [-0.2, -0.15) is 18.2 Å². The van der Waals surface area contributed by atoms with Crippen LogP contribution in [-0.2, 0) is 15.8 Å². The molecule has 3 aromatic rings. The molecular weight excluding hydrogens is 482 g/mol. The molecule has 1 aromatic heterocycles. The Hall–Kier alpha value is -3.93. The van der Waals surface area contributed by atoms with Gasteiger partial charge in [-0.3, -0.25) is 19.4 Å². The molecule has 0 saturated carbocycles. The first-order chi connectivity index (χ1) is 16.0. The van der Waals surface area contributed by atoms with E-state index in [0.717, 1.165) is 18.2 Å². The molecule has 1 unspecified atom stereocenters. The lowest BCUT2D eigenvalue weighted by Crippen LogP contribution is -2.36. The Labute approximate surface area is 193 Å². The van der Waals surface area contributed by atoms with Crippen LogP contribution in [0.25, 0.3) is 0 Å². The van der Waals surface area contributed by atoms with Gasteiger partial charge >= 0.3 is 6.18 Å². The molecule has 2 amide bonds. The molecule has 4 N–H and O–H groups in total. The number of hydrogen-bond donors (Lipinski definition) is 4. The van der Waals surface area contributed by atoms with Crippen molar-refractivity contribution in [2.75, 3.05) is 16.0 Å². The topological polar surface area (TPSA) is 116 Å². The molecule has 1 aliphatic heterocycles. The second-order valence-corrected chi connectivity index (χ2v) is 7.71. The van der Waals surface area contributed by atoms with Crippen molar-refractivity contribution in [3.8, 4) is 0 Å². The molecule has 8 nitrogen and oxygen atoms in total. The fraction of sp³-hybridized carbons (Fsp3) is 0.143. The number of carbonyl (C=O) groups excluding carboxylic acids is 2. The molecule has 0 aliphatic carbocycles. The summed E-state index contributed by atoms with van der Waals surface area (Å²) in [6.45, 7) is 0. The number of aromatic amines is 1. The normalized spacial score (nSPS) is 15.3. The molecule has 1 aliphatic rings. The maximum Gasteiger partial charge on any atom is 0.416 e. The summed E-state index contributed by atoms with van der Waals surface area (Å²) >= 11 is 5.71. The zero-order valence-corrected chi connectivity index (χ0v) is 17.6. The van der Waals surface area contributed by atoms with Crippen LogP contribution in [0.3, 0.4) is 0 Å². The predicted molar refractivity (Wildman–Crippen MR) is 116 cm³/mol. The molecule has 0 bridgehead atoms. The van der Waals surface area contributed by atoms with E-state index in [1.165, 1.54) is 24.3 Å². The average molecular weight is 496 g/mol. The van der Waals surface area contributed by atoms with Crippen molar-refractivity contribution in [2.45, 2.75) is 18.5 Å². The van der Waals surface area contributed by atoms with Crippen LogP contribution >= 0.6 is 11.6 Å². The number of fused-ring (bicyclic) bond motifs is 1. The minimum atomic E-state index is -4.57. The van der Waals surface area contributed by atoms with Gasteiger partial charge in [0.15, 0.2) is 0 Å². The lowest BCUT2D eigenvalue weighted by Gasteiger charge is -2.23. The molecule has 176 valence electrons. The standard InChI is InChI=1S/C21H14ClF4N5O3/c22-13-7-11(4-5-14(13)23)27-18(33)12-8-15(32)29-17-16(12)19(34)31-20(30-17)28-10-3-1-2-9(6-10)21(24,25)26/h1-7,12H,8H2,(H,27,33)(H3,28,29,30,31,32,34). The van der Waals surface area contributed by atoms with E-state index in [2.05, 4.69) is 25.9 Å². The number of nitrogens with one attached hydrogen (secondary N) is 4. The summed E-state index contributed by atoms with van der Waals surface area (Å²) in [5.41, 5.74) is -1.70. The van der Waals surface area contributed by atoms with Crippen LogP contribution in [0.15, 0.2) is 47.3 Å². The highest BCUT2D eigenvalue weighted by atomic mass is 35.5. The maximum absolute atomic E-state index is 13.4. The van der Waals surface area contributed by atoms with E-state index in [0.29, 0.717) is 0 Å². The van der Waals surface area contributed by atoms with E-state index in [9.17, 15) is 31.9 Å². The summed E-state index contributed by atoms with van der Waals surface area (Å²) in [6.07, 6.45) is -4.93. The summed E-state index contributed by atoms with van der Waals surface area (Å²) in [6, 6.07) is 7.67. The van der Waals surface area contributed by atoms with Crippen LogP contribution < -0.4 is 21.5 Å². The Morgan fingerprint density at radius 3 is 2.59 bits per heavy atom. The Balaban J connectivity index is 1.62. The van der Waals surface area contributed by atoms with Crippen LogP contribution in [-0.4, -0.2) is 21.8 Å². The van der Waals surface area contributed by atoms with Gasteiger partial charge in [-0.05, 0) is 36.4 Å². The quantitative estimate of drug-likeness (QED) is 0.401. The number of aromatic nitrogens is 2. The number of benzene rings is 2. The third kappa shape index (κ3) is 4.86. The van der Waals surface area contributed by atoms with E-state index >= 15 is 0 Å². The summed E-state index contributed by atoms with van der Waals surface area (Å²) in [5, 5.41) is 7.17. The first-order valence-electron chi connectivity index (χ1n) is 9.65. The Morgan fingerprint density at radius 1 is 1.12 bits per heavy atom. The van der Waals surface area contributed by atoms with Gasteiger partial charge in [0.2, 0.25) is 17.8 Å². The number of amides is 2. The predicted octanol–water partition coefficient (Wildman–Crippen LogP) is 4.39. The SMILES string of the molecule is O=C1CC(C(=O)Nc2ccc(F)c(Cl)c2)c2c(nc(Nc3cccc(C(F)(F)F)c3)[nH]c2=O)N1. The summed E-state index contributed by atoms with van der Waals surface area (Å²) < 4.78 is 52.2. The minimum absolute atomic E-state index is 0.0115. The van der Waals surface area contributed by atoms with Crippen molar-refractivity contribution in [2.24, 2.45) is 0 Å². The second-order valence-electron chi connectivity index (χ2n) is 7.30. The van der Waals surface area contributed by atoms with E-state index in [1.54, 1.807) is 0 Å². The largest absolute Gasteiger partial charge is 0.416 e. The summed E-state index contributed by atoms with van der Waals surface area (Å²) in [5.74, 6) is -3.71. The molecule has 1 atom stereocenters. The van der Waals surface area contributed by atoms with Crippen molar-refractivity contribution >= 4 is 46.6 Å². The summed E-state index contributed by atoms with van der Waals surface area (Å²) in [4.78, 5) is 44.1. The van der Waals surface area contributed by atoms with Gasteiger partial charge in [-0.25, -0.2) is 4.39 Å². The van der Waals surface area contributed by atoms with Gasteiger partial charge in [-0.1, -0.05) is 17.7 Å². The van der Waals surface area contributed by atoms with Crippen LogP contribution in [0.5, 0.6) is 0 Å². The average Bonchev–Trinajstić information content (AvgIpc) is 2.75. The minimum Gasteiger partial charge on any atom is -0.326 e. The number of rotatable bonds is 4. The highest BCUT2D eigenvalue weighted by Gasteiger charge is 2.35. The highest BCUT2D eigenvalue weighted by Crippen LogP contribution is 2.33. The smallest absolute Gasteiger partial charge is 0.326 e. The molecule has 0 saturated heterocycles. The van der Waals surface area contributed by atoms with Crippen molar-refractivity contribution in [3.05, 3.63) is 74.8 Å². The number of H-pyrrole nitrogens is 1. The number of halogens is 5. The molecule has 13 heteroatoms. The molecule has 4 rings (SSSR count).